The second kappa shape index (κ2) is 11.2. The van der Waals surface area contributed by atoms with Gasteiger partial charge in [-0.2, -0.15) is 0 Å². The van der Waals surface area contributed by atoms with E-state index < -0.39 is 12.1 Å². The quantitative estimate of drug-likeness (QED) is 0.509. The molecule has 2 amide bonds. The van der Waals surface area contributed by atoms with Crippen LogP contribution in [-0.2, 0) is 35.5 Å². The van der Waals surface area contributed by atoms with Crippen LogP contribution in [0, 0.1) is 0 Å². The third-order valence-electron chi connectivity index (χ3n) is 7.77. The minimum absolute atomic E-state index is 0.109. The van der Waals surface area contributed by atoms with Gasteiger partial charge in [-0.05, 0) is 72.5 Å². The number of nitrogens with two attached hydrogens (primary N) is 1. The summed E-state index contributed by atoms with van der Waals surface area (Å²) in [6.45, 7) is 4.12. The van der Waals surface area contributed by atoms with Gasteiger partial charge < -0.3 is 16.0 Å². The molecule has 3 aliphatic rings. The number of benzene rings is 2. The van der Waals surface area contributed by atoms with Crippen molar-refractivity contribution in [2.45, 2.75) is 63.7 Å². The van der Waals surface area contributed by atoms with Gasteiger partial charge in [0, 0.05) is 31.2 Å². The largest absolute Gasteiger partial charge is 0.350 e. The molecule has 2 aromatic rings. The maximum absolute atomic E-state index is 12.9. The van der Waals surface area contributed by atoms with E-state index in [9.17, 15) is 9.59 Å². The van der Waals surface area contributed by atoms with E-state index >= 15 is 0 Å². The van der Waals surface area contributed by atoms with E-state index in [1.807, 2.05) is 18.2 Å². The van der Waals surface area contributed by atoms with Crippen molar-refractivity contribution >= 4 is 28.4 Å². The van der Waals surface area contributed by atoms with Crippen molar-refractivity contribution in [2.75, 3.05) is 19.6 Å². The first-order valence-electron chi connectivity index (χ1n) is 13.1. The van der Waals surface area contributed by atoms with E-state index in [0.29, 0.717) is 25.9 Å². The molecule has 2 heterocycles. The Morgan fingerprint density at radius 2 is 1.92 bits per heavy atom. The summed E-state index contributed by atoms with van der Waals surface area (Å²) >= 11 is 6.26. The van der Waals surface area contributed by atoms with Crippen LogP contribution in [0.25, 0.3) is 5.03 Å². The molecule has 2 aliphatic heterocycles. The number of amides is 2. The summed E-state index contributed by atoms with van der Waals surface area (Å²) in [6, 6.07) is 13.8. The number of nitrogens with one attached hydrogen (secondary N) is 1. The number of hydrogen-bond donors (Lipinski definition) is 2. The van der Waals surface area contributed by atoms with Gasteiger partial charge in [-0.15, -0.1) is 0 Å². The fourth-order valence-corrected chi connectivity index (χ4v) is 5.71. The highest BCUT2D eigenvalue weighted by atomic mass is 35.5. The fourth-order valence-electron chi connectivity index (χ4n) is 5.46. The van der Waals surface area contributed by atoms with Crippen molar-refractivity contribution in [1.29, 1.82) is 0 Å². The summed E-state index contributed by atoms with van der Waals surface area (Å²) in [5, 5.41) is 3.75. The summed E-state index contributed by atoms with van der Waals surface area (Å²) in [5.41, 5.74) is 12.4. The van der Waals surface area contributed by atoms with E-state index in [1.54, 1.807) is 4.90 Å². The van der Waals surface area contributed by atoms with Crippen LogP contribution in [-0.4, -0.2) is 53.3 Å². The highest BCUT2D eigenvalue weighted by Gasteiger charge is 2.39. The van der Waals surface area contributed by atoms with Gasteiger partial charge in [-0.1, -0.05) is 60.5 Å². The standard InChI is InChI=1S/C29H35ClN4O2/c30-25-11-10-22-9-8-20(17-24(22)25)18-32-28(35)27-13-16-34(27)29(36)26(31)7-3-4-14-33-15-12-21-5-1-2-6-23(21)19-33/h1-2,5-6,8-9,11,17,26-27H,3-4,7,10,12-16,18-19,31H2,(H,32,35)/t26-,27+/m1/s1. The van der Waals surface area contributed by atoms with Crippen LogP contribution in [0.1, 0.15) is 53.5 Å². The number of hydrogen-bond acceptors (Lipinski definition) is 4. The molecular weight excluding hydrogens is 472 g/mol. The maximum Gasteiger partial charge on any atom is 0.243 e. The van der Waals surface area contributed by atoms with E-state index in [-0.39, 0.29) is 11.8 Å². The smallest absolute Gasteiger partial charge is 0.243 e. The van der Waals surface area contributed by atoms with Crippen LogP contribution in [0.3, 0.4) is 0 Å². The average Bonchev–Trinajstić information content (AvgIpc) is 3.24. The minimum atomic E-state index is -0.548. The number of likely N-dealkylation sites (tertiary alicyclic amines) is 1. The van der Waals surface area contributed by atoms with Crippen molar-refractivity contribution in [3.8, 4) is 0 Å². The lowest BCUT2D eigenvalue weighted by atomic mass is 9.98. The minimum Gasteiger partial charge on any atom is -0.350 e. The lowest BCUT2D eigenvalue weighted by Crippen LogP contribution is -2.61. The Bertz CT molecular complexity index is 1160. The molecule has 1 saturated heterocycles. The molecule has 0 saturated carbocycles. The Hall–Kier alpha value is -2.67. The first kappa shape index (κ1) is 25.0. The van der Waals surface area contributed by atoms with Crippen LogP contribution in [0.15, 0.2) is 48.5 Å². The monoisotopic (exact) mass is 506 g/mol. The molecule has 1 fully saturated rings. The summed E-state index contributed by atoms with van der Waals surface area (Å²) in [5.74, 6) is -0.225. The van der Waals surface area contributed by atoms with Gasteiger partial charge in [-0.25, -0.2) is 0 Å². The Morgan fingerprint density at radius 3 is 2.72 bits per heavy atom. The number of unbranched alkanes of at least 4 members (excludes halogenated alkanes) is 1. The molecule has 36 heavy (non-hydrogen) atoms. The van der Waals surface area contributed by atoms with Crippen LogP contribution < -0.4 is 11.1 Å². The SMILES string of the molecule is N[C@H](CCCCN1CCc2ccccc2C1)C(=O)N1CC[C@H]1C(=O)NCc1ccc2c(c1)C(Cl)=CC2. The molecule has 1 aliphatic carbocycles. The van der Waals surface area contributed by atoms with E-state index in [4.69, 9.17) is 17.3 Å². The zero-order valence-corrected chi connectivity index (χ0v) is 21.5. The van der Waals surface area contributed by atoms with Crippen molar-refractivity contribution in [3.63, 3.8) is 0 Å². The van der Waals surface area contributed by atoms with Crippen molar-refractivity contribution in [3.05, 3.63) is 76.4 Å². The summed E-state index contributed by atoms with van der Waals surface area (Å²) in [4.78, 5) is 29.8. The summed E-state index contributed by atoms with van der Waals surface area (Å²) in [7, 11) is 0. The summed E-state index contributed by atoms with van der Waals surface area (Å²) in [6.07, 6.45) is 7.22. The Labute approximate surface area is 218 Å². The molecule has 5 rings (SSSR count). The van der Waals surface area contributed by atoms with Crippen LogP contribution in [0.5, 0.6) is 0 Å². The second-order valence-corrected chi connectivity index (χ2v) is 10.6. The number of allylic oxidation sites excluding steroid dienone is 1. The number of halogens is 1. The summed E-state index contributed by atoms with van der Waals surface area (Å²) < 4.78 is 0. The van der Waals surface area contributed by atoms with Gasteiger partial charge >= 0.3 is 0 Å². The first-order chi connectivity index (χ1) is 17.5. The van der Waals surface area contributed by atoms with Gasteiger partial charge in [0.25, 0.3) is 0 Å². The molecule has 6 nitrogen and oxygen atoms in total. The highest BCUT2D eigenvalue weighted by molar-refractivity contribution is 6.49. The lowest BCUT2D eigenvalue weighted by molar-refractivity contribution is -0.148. The van der Waals surface area contributed by atoms with Gasteiger partial charge in [0.1, 0.15) is 6.04 Å². The molecule has 0 bridgehead atoms. The Kier molecular flexibility index (Phi) is 7.75. The second-order valence-electron chi connectivity index (χ2n) is 10.2. The molecule has 2 atom stereocenters. The Balaban J connectivity index is 1.03. The van der Waals surface area contributed by atoms with E-state index in [1.165, 1.54) is 16.7 Å². The van der Waals surface area contributed by atoms with Crippen LogP contribution in [0.4, 0.5) is 0 Å². The van der Waals surface area contributed by atoms with Gasteiger partial charge in [0.05, 0.1) is 6.04 Å². The number of nitrogens with zero attached hydrogens (tertiary/aromatic N) is 2. The van der Waals surface area contributed by atoms with Crippen LogP contribution >= 0.6 is 11.6 Å². The number of carbonyl (C=O) groups is 2. The third kappa shape index (κ3) is 5.51. The third-order valence-corrected chi connectivity index (χ3v) is 8.13. The topological polar surface area (TPSA) is 78.7 Å². The molecule has 0 spiro atoms. The van der Waals surface area contributed by atoms with Crippen LogP contribution in [0.2, 0.25) is 0 Å². The molecule has 3 N–H and O–H groups in total. The van der Waals surface area contributed by atoms with Gasteiger partial charge in [-0.3, -0.25) is 14.5 Å². The highest BCUT2D eigenvalue weighted by Crippen LogP contribution is 2.31. The fraction of sp³-hybridized carbons (Fsp3) is 0.448. The molecule has 0 aromatic heterocycles. The normalized spacial score (nSPS) is 19.7. The zero-order chi connectivity index (χ0) is 25.1. The molecule has 0 unspecified atom stereocenters. The predicted molar refractivity (Wildman–Crippen MR) is 143 cm³/mol. The first-order valence-corrected chi connectivity index (χ1v) is 13.5. The van der Waals surface area contributed by atoms with Gasteiger partial charge in [0.15, 0.2) is 0 Å². The molecule has 190 valence electrons. The molecule has 7 heteroatoms. The average molecular weight is 507 g/mol. The number of fused-ring (bicyclic) bond motifs is 2. The number of rotatable bonds is 9. The Morgan fingerprint density at radius 1 is 1.08 bits per heavy atom. The maximum atomic E-state index is 12.9. The van der Waals surface area contributed by atoms with E-state index in [0.717, 1.165) is 61.5 Å². The molecule has 2 aromatic carbocycles. The van der Waals surface area contributed by atoms with Crippen molar-refractivity contribution in [1.82, 2.24) is 15.1 Å². The number of carbonyl (C=O) groups excluding carboxylic acids is 2. The zero-order valence-electron chi connectivity index (χ0n) is 20.7. The predicted octanol–water partition coefficient (Wildman–Crippen LogP) is 3.60. The van der Waals surface area contributed by atoms with Crippen molar-refractivity contribution < 1.29 is 9.59 Å². The lowest BCUT2D eigenvalue weighted by Gasteiger charge is -2.41. The molecular formula is C29H35ClN4O2. The molecule has 0 radical (unpaired) electrons. The van der Waals surface area contributed by atoms with Crippen molar-refractivity contribution in [2.24, 2.45) is 5.73 Å². The van der Waals surface area contributed by atoms with Gasteiger partial charge in [0.2, 0.25) is 11.8 Å². The van der Waals surface area contributed by atoms with E-state index in [2.05, 4.69) is 40.5 Å².